The van der Waals surface area contributed by atoms with Crippen LogP contribution in [0.2, 0.25) is 10.0 Å². The fourth-order valence-corrected chi connectivity index (χ4v) is 1.52. The highest BCUT2D eigenvalue weighted by molar-refractivity contribution is 6.35. The van der Waals surface area contributed by atoms with Crippen LogP contribution in [0.15, 0.2) is 12.1 Å². The molecule has 0 bridgehead atoms. The number of halogens is 3. The highest BCUT2D eigenvalue weighted by Crippen LogP contribution is 2.28. The van der Waals surface area contributed by atoms with Gasteiger partial charge in [0.15, 0.2) is 0 Å². The van der Waals surface area contributed by atoms with E-state index in [0.29, 0.717) is 23.0 Å². The van der Waals surface area contributed by atoms with Gasteiger partial charge in [-0.1, -0.05) is 23.2 Å². The normalized spacial score (nSPS) is 10.3. The summed E-state index contributed by atoms with van der Waals surface area (Å²) in [6, 6.07) is 3.55. The van der Waals surface area contributed by atoms with Crippen molar-refractivity contribution in [3.8, 4) is 0 Å². The Kier molecular flexibility index (Phi) is 4.49. The molecule has 0 spiro atoms. The number of rotatable bonds is 4. The molecule has 0 aliphatic rings. The van der Waals surface area contributed by atoms with Gasteiger partial charge in [0, 0.05) is 11.6 Å². The maximum atomic E-state index is 11.8. The molecule has 78 valence electrons. The fraction of sp³-hybridized carbons (Fsp3) is 0.400. The molecule has 1 nitrogen and oxygen atoms in total. The lowest BCUT2D eigenvalue weighted by atomic mass is 10.2. The van der Waals surface area contributed by atoms with Crippen molar-refractivity contribution in [3.63, 3.8) is 0 Å². The number of hydrogen-bond acceptors (Lipinski definition) is 1. The third kappa shape index (κ3) is 3.03. The Bertz CT molecular complexity index is 315. The SMILES string of the molecule is Cc1cc(Cl)c(NCCCF)cc1Cl. The molecule has 0 aliphatic carbocycles. The number of alkyl halides is 1. The second-order valence-electron chi connectivity index (χ2n) is 3.05. The average molecular weight is 236 g/mol. The third-order valence-corrected chi connectivity index (χ3v) is 2.59. The molecule has 0 saturated carbocycles. The molecule has 0 saturated heterocycles. The molecule has 0 unspecified atom stereocenters. The maximum Gasteiger partial charge on any atom is 0.0911 e. The van der Waals surface area contributed by atoms with Gasteiger partial charge in [-0.15, -0.1) is 0 Å². The fourth-order valence-electron chi connectivity index (χ4n) is 1.07. The average Bonchev–Trinajstić information content (AvgIpc) is 2.14. The van der Waals surface area contributed by atoms with E-state index in [-0.39, 0.29) is 6.67 Å². The minimum atomic E-state index is -0.329. The number of hydrogen-bond donors (Lipinski definition) is 1. The van der Waals surface area contributed by atoms with E-state index in [1.807, 2.05) is 6.92 Å². The molecule has 0 aliphatic heterocycles. The molecule has 1 aromatic carbocycles. The zero-order valence-electron chi connectivity index (χ0n) is 7.91. The van der Waals surface area contributed by atoms with Crippen LogP contribution in [-0.4, -0.2) is 13.2 Å². The highest BCUT2D eigenvalue weighted by atomic mass is 35.5. The molecular weight excluding hydrogens is 224 g/mol. The number of nitrogens with one attached hydrogen (secondary N) is 1. The van der Waals surface area contributed by atoms with Crippen molar-refractivity contribution in [2.24, 2.45) is 0 Å². The molecule has 0 heterocycles. The van der Waals surface area contributed by atoms with Gasteiger partial charge in [-0.25, -0.2) is 0 Å². The van der Waals surface area contributed by atoms with Gasteiger partial charge in [-0.3, -0.25) is 4.39 Å². The van der Waals surface area contributed by atoms with E-state index in [4.69, 9.17) is 23.2 Å². The quantitative estimate of drug-likeness (QED) is 0.777. The van der Waals surface area contributed by atoms with Crippen LogP contribution in [0.25, 0.3) is 0 Å². The summed E-state index contributed by atoms with van der Waals surface area (Å²) in [7, 11) is 0. The van der Waals surface area contributed by atoms with Crippen LogP contribution in [0.3, 0.4) is 0 Å². The van der Waals surface area contributed by atoms with E-state index < -0.39 is 0 Å². The number of anilines is 1. The first-order valence-electron chi connectivity index (χ1n) is 4.40. The van der Waals surface area contributed by atoms with E-state index in [2.05, 4.69) is 5.32 Å². The first kappa shape index (κ1) is 11.6. The minimum Gasteiger partial charge on any atom is -0.384 e. The van der Waals surface area contributed by atoms with Crippen molar-refractivity contribution < 1.29 is 4.39 Å². The van der Waals surface area contributed by atoms with Gasteiger partial charge in [-0.2, -0.15) is 0 Å². The summed E-state index contributed by atoms with van der Waals surface area (Å²) >= 11 is 11.9. The minimum absolute atomic E-state index is 0.329. The summed E-state index contributed by atoms with van der Waals surface area (Å²) < 4.78 is 11.8. The molecule has 1 aromatic rings. The maximum absolute atomic E-state index is 11.8. The second-order valence-corrected chi connectivity index (χ2v) is 3.86. The molecule has 0 aromatic heterocycles. The van der Waals surface area contributed by atoms with E-state index in [9.17, 15) is 4.39 Å². The Labute approximate surface area is 93.2 Å². The lowest BCUT2D eigenvalue weighted by Gasteiger charge is -2.09. The lowest BCUT2D eigenvalue weighted by molar-refractivity contribution is 0.481. The van der Waals surface area contributed by atoms with Crippen molar-refractivity contribution in [2.45, 2.75) is 13.3 Å². The number of aryl methyl sites for hydroxylation is 1. The van der Waals surface area contributed by atoms with Gasteiger partial charge in [0.1, 0.15) is 0 Å². The molecule has 1 N–H and O–H groups in total. The molecule has 0 fully saturated rings. The molecule has 0 amide bonds. The van der Waals surface area contributed by atoms with Crippen LogP contribution in [0.5, 0.6) is 0 Å². The third-order valence-electron chi connectivity index (χ3n) is 1.87. The van der Waals surface area contributed by atoms with E-state index >= 15 is 0 Å². The monoisotopic (exact) mass is 235 g/mol. The van der Waals surface area contributed by atoms with Crippen LogP contribution in [0.1, 0.15) is 12.0 Å². The Morgan fingerprint density at radius 2 is 2.00 bits per heavy atom. The topological polar surface area (TPSA) is 12.0 Å². The molecule has 0 atom stereocenters. The second kappa shape index (κ2) is 5.42. The Morgan fingerprint density at radius 1 is 1.29 bits per heavy atom. The van der Waals surface area contributed by atoms with Crippen molar-refractivity contribution in [1.82, 2.24) is 0 Å². The van der Waals surface area contributed by atoms with Crippen molar-refractivity contribution in [1.29, 1.82) is 0 Å². The van der Waals surface area contributed by atoms with Crippen LogP contribution in [-0.2, 0) is 0 Å². The molecule has 1 rings (SSSR count). The van der Waals surface area contributed by atoms with Crippen molar-refractivity contribution >= 4 is 28.9 Å². The first-order valence-corrected chi connectivity index (χ1v) is 5.16. The predicted octanol–water partition coefficient (Wildman–Crippen LogP) is 4.07. The Balaban J connectivity index is 2.72. The highest BCUT2D eigenvalue weighted by Gasteiger charge is 2.03. The zero-order valence-corrected chi connectivity index (χ0v) is 9.42. The van der Waals surface area contributed by atoms with Gasteiger partial charge >= 0.3 is 0 Å². The Morgan fingerprint density at radius 3 is 2.64 bits per heavy atom. The number of benzene rings is 1. The van der Waals surface area contributed by atoms with E-state index in [1.165, 1.54) is 0 Å². The summed E-state index contributed by atoms with van der Waals surface area (Å²) in [5.74, 6) is 0. The smallest absolute Gasteiger partial charge is 0.0911 e. The van der Waals surface area contributed by atoms with Gasteiger partial charge in [-0.05, 0) is 31.0 Å². The zero-order chi connectivity index (χ0) is 10.6. The summed E-state index contributed by atoms with van der Waals surface area (Å²) in [6.07, 6.45) is 0.474. The molecule has 14 heavy (non-hydrogen) atoms. The summed E-state index contributed by atoms with van der Waals surface area (Å²) in [5, 5.41) is 4.31. The summed E-state index contributed by atoms with van der Waals surface area (Å²) in [5.41, 5.74) is 1.70. The van der Waals surface area contributed by atoms with E-state index in [1.54, 1.807) is 12.1 Å². The van der Waals surface area contributed by atoms with Crippen LogP contribution in [0, 0.1) is 6.92 Å². The first-order chi connectivity index (χ1) is 6.65. The largest absolute Gasteiger partial charge is 0.384 e. The summed E-state index contributed by atoms with van der Waals surface area (Å²) in [4.78, 5) is 0. The Hall–Kier alpha value is -0.470. The molecular formula is C10H12Cl2FN. The molecule has 0 radical (unpaired) electrons. The van der Waals surface area contributed by atoms with Gasteiger partial charge in [0.25, 0.3) is 0 Å². The summed E-state index contributed by atoms with van der Waals surface area (Å²) in [6.45, 7) is 2.12. The molecule has 4 heteroatoms. The van der Waals surface area contributed by atoms with Crippen molar-refractivity contribution in [2.75, 3.05) is 18.5 Å². The van der Waals surface area contributed by atoms with Crippen molar-refractivity contribution in [3.05, 3.63) is 27.7 Å². The van der Waals surface area contributed by atoms with Crippen LogP contribution in [0.4, 0.5) is 10.1 Å². The van der Waals surface area contributed by atoms with Gasteiger partial charge in [0.2, 0.25) is 0 Å². The van der Waals surface area contributed by atoms with Gasteiger partial charge < -0.3 is 5.32 Å². The van der Waals surface area contributed by atoms with Crippen LogP contribution < -0.4 is 5.32 Å². The van der Waals surface area contributed by atoms with Crippen LogP contribution >= 0.6 is 23.2 Å². The van der Waals surface area contributed by atoms with E-state index in [0.717, 1.165) is 11.3 Å². The lowest BCUT2D eigenvalue weighted by Crippen LogP contribution is -2.02. The van der Waals surface area contributed by atoms with Gasteiger partial charge in [0.05, 0.1) is 17.4 Å². The standard InChI is InChI=1S/C10H12Cl2FN/c1-7-5-9(12)10(6-8(7)11)14-4-2-3-13/h5-6,14H,2-4H2,1H3. The predicted molar refractivity (Wildman–Crippen MR) is 60.3 cm³/mol.